The Bertz CT molecular complexity index is 651. The average Bonchev–Trinajstić information content (AvgIpc) is 2.48. The Kier molecular flexibility index (Phi) is 4.62. The Morgan fingerprint density at radius 3 is 2.52 bits per heavy atom. The van der Waals surface area contributed by atoms with E-state index in [2.05, 4.69) is 4.98 Å². The van der Waals surface area contributed by atoms with E-state index in [1.165, 1.54) is 0 Å². The van der Waals surface area contributed by atoms with Crippen molar-refractivity contribution in [3.8, 4) is 5.75 Å². The second kappa shape index (κ2) is 6.43. The Morgan fingerprint density at radius 2 is 1.95 bits per heavy atom. The van der Waals surface area contributed by atoms with Gasteiger partial charge in [-0.3, -0.25) is 0 Å². The van der Waals surface area contributed by atoms with Gasteiger partial charge in [0.2, 0.25) is 0 Å². The summed E-state index contributed by atoms with van der Waals surface area (Å²) < 4.78 is 5.45. The predicted molar refractivity (Wildman–Crippen MR) is 83.4 cm³/mol. The number of carboxylic acids is 1. The van der Waals surface area contributed by atoms with E-state index in [0.29, 0.717) is 25.5 Å². The van der Waals surface area contributed by atoms with Crippen molar-refractivity contribution in [2.24, 2.45) is 0 Å². The summed E-state index contributed by atoms with van der Waals surface area (Å²) in [6, 6.07) is 7.20. The number of fused-ring (bicyclic) bond motifs is 1. The lowest BCUT2D eigenvalue weighted by atomic mass is 10.1. The second-order valence-electron chi connectivity index (χ2n) is 4.62. The largest absolute Gasteiger partial charge is 0.494 e. The number of aromatic nitrogens is 1. The summed E-state index contributed by atoms with van der Waals surface area (Å²) in [7, 11) is 0. The van der Waals surface area contributed by atoms with Crippen molar-refractivity contribution in [2.75, 3.05) is 24.6 Å². The molecule has 1 N–H and O–H groups in total. The number of hydrogen-bond acceptors (Lipinski definition) is 4. The minimum Gasteiger partial charge on any atom is -0.494 e. The molecule has 0 radical (unpaired) electrons. The van der Waals surface area contributed by atoms with E-state index in [4.69, 9.17) is 4.74 Å². The van der Waals surface area contributed by atoms with Gasteiger partial charge >= 0.3 is 5.97 Å². The summed E-state index contributed by atoms with van der Waals surface area (Å²) in [4.78, 5) is 18.0. The molecular formula is C16H20N2O3. The highest BCUT2D eigenvalue weighted by molar-refractivity contribution is 5.98. The summed E-state index contributed by atoms with van der Waals surface area (Å²) in [5.74, 6) is 0.274. The standard InChI is InChI=1S/C16H20N2O3/c1-4-18(5-2)15-13(16(19)20)10-11-9-12(21-6-3)7-8-14(11)17-15/h7-10H,4-6H2,1-3H3,(H,19,20). The van der Waals surface area contributed by atoms with Crippen molar-refractivity contribution in [1.82, 2.24) is 4.98 Å². The molecule has 0 atom stereocenters. The van der Waals surface area contributed by atoms with Crippen LogP contribution in [0.3, 0.4) is 0 Å². The lowest BCUT2D eigenvalue weighted by molar-refractivity contribution is 0.0697. The molecule has 0 saturated carbocycles. The first kappa shape index (κ1) is 15.1. The first-order valence-electron chi connectivity index (χ1n) is 7.16. The number of carboxylic acid groups (broad SMARTS) is 1. The van der Waals surface area contributed by atoms with Gasteiger partial charge in [-0.1, -0.05) is 0 Å². The number of rotatable bonds is 6. The highest BCUT2D eigenvalue weighted by Crippen LogP contribution is 2.26. The van der Waals surface area contributed by atoms with E-state index in [9.17, 15) is 9.90 Å². The zero-order valence-corrected chi connectivity index (χ0v) is 12.6. The second-order valence-corrected chi connectivity index (χ2v) is 4.62. The molecule has 0 unspecified atom stereocenters. The SMILES string of the molecule is CCOc1ccc2nc(N(CC)CC)c(C(=O)O)cc2c1. The summed E-state index contributed by atoms with van der Waals surface area (Å²) >= 11 is 0. The number of pyridine rings is 1. The number of nitrogens with zero attached hydrogens (tertiary/aromatic N) is 2. The summed E-state index contributed by atoms with van der Waals surface area (Å²) in [6.45, 7) is 7.88. The van der Waals surface area contributed by atoms with E-state index in [1.807, 2.05) is 43.9 Å². The van der Waals surface area contributed by atoms with Gasteiger partial charge in [0.25, 0.3) is 0 Å². The molecule has 0 fully saturated rings. The molecule has 2 aromatic rings. The molecule has 0 aliphatic rings. The average molecular weight is 288 g/mol. The highest BCUT2D eigenvalue weighted by Gasteiger charge is 2.17. The van der Waals surface area contributed by atoms with E-state index in [0.717, 1.165) is 16.7 Å². The van der Waals surface area contributed by atoms with Crippen LogP contribution in [0.2, 0.25) is 0 Å². The van der Waals surface area contributed by atoms with Crippen molar-refractivity contribution >= 4 is 22.7 Å². The van der Waals surface area contributed by atoms with Gasteiger partial charge in [0.05, 0.1) is 12.1 Å². The molecule has 0 saturated heterocycles. The molecule has 2 rings (SSSR count). The van der Waals surface area contributed by atoms with Crippen LogP contribution in [0.1, 0.15) is 31.1 Å². The smallest absolute Gasteiger partial charge is 0.339 e. The summed E-state index contributed by atoms with van der Waals surface area (Å²) in [5.41, 5.74) is 0.991. The van der Waals surface area contributed by atoms with Gasteiger partial charge in [-0.2, -0.15) is 0 Å². The molecule has 1 aromatic heterocycles. The number of benzene rings is 1. The van der Waals surface area contributed by atoms with Crippen LogP contribution < -0.4 is 9.64 Å². The number of hydrogen-bond donors (Lipinski definition) is 1. The zero-order chi connectivity index (χ0) is 15.4. The normalized spacial score (nSPS) is 10.6. The quantitative estimate of drug-likeness (QED) is 0.884. The minimum atomic E-state index is -0.965. The van der Waals surface area contributed by atoms with Crippen LogP contribution in [0.4, 0.5) is 5.82 Å². The van der Waals surface area contributed by atoms with E-state index >= 15 is 0 Å². The maximum Gasteiger partial charge on any atom is 0.339 e. The molecule has 0 aliphatic heterocycles. The number of carbonyl (C=O) groups is 1. The predicted octanol–water partition coefficient (Wildman–Crippen LogP) is 3.18. The van der Waals surface area contributed by atoms with Gasteiger partial charge in [0.15, 0.2) is 0 Å². The zero-order valence-electron chi connectivity index (χ0n) is 12.6. The Hall–Kier alpha value is -2.30. The van der Waals surface area contributed by atoms with E-state index < -0.39 is 5.97 Å². The fourth-order valence-corrected chi connectivity index (χ4v) is 2.32. The van der Waals surface area contributed by atoms with Gasteiger partial charge < -0.3 is 14.7 Å². The Labute approximate surface area is 124 Å². The van der Waals surface area contributed by atoms with Crippen LogP contribution in [0.25, 0.3) is 10.9 Å². The fraction of sp³-hybridized carbons (Fsp3) is 0.375. The molecule has 0 amide bonds. The summed E-state index contributed by atoms with van der Waals surface area (Å²) in [6.07, 6.45) is 0. The van der Waals surface area contributed by atoms with Crippen LogP contribution >= 0.6 is 0 Å². The molecular weight excluding hydrogens is 268 g/mol. The van der Waals surface area contributed by atoms with Crippen LogP contribution in [-0.4, -0.2) is 35.8 Å². The topological polar surface area (TPSA) is 62.7 Å². The molecule has 5 heteroatoms. The lowest BCUT2D eigenvalue weighted by Gasteiger charge is -2.22. The molecule has 1 aromatic carbocycles. The van der Waals surface area contributed by atoms with Gasteiger partial charge in [-0.15, -0.1) is 0 Å². The van der Waals surface area contributed by atoms with Crippen molar-refractivity contribution < 1.29 is 14.6 Å². The first-order valence-corrected chi connectivity index (χ1v) is 7.16. The Morgan fingerprint density at radius 1 is 1.24 bits per heavy atom. The number of aromatic carboxylic acids is 1. The van der Waals surface area contributed by atoms with E-state index in [-0.39, 0.29) is 5.56 Å². The third-order valence-electron chi connectivity index (χ3n) is 3.37. The van der Waals surface area contributed by atoms with Crippen LogP contribution in [0.15, 0.2) is 24.3 Å². The molecule has 112 valence electrons. The van der Waals surface area contributed by atoms with Crippen LogP contribution in [-0.2, 0) is 0 Å². The minimum absolute atomic E-state index is 0.222. The van der Waals surface area contributed by atoms with E-state index in [1.54, 1.807) is 6.07 Å². The number of anilines is 1. The van der Waals surface area contributed by atoms with Gasteiger partial charge in [0, 0.05) is 18.5 Å². The lowest BCUT2D eigenvalue weighted by Crippen LogP contribution is -2.25. The maximum atomic E-state index is 11.5. The van der Waals surface area contributed by atoms with Gasteiger partial charge in [-0.05, 0) is 45.0 Å². The molecule has 0 aliphatic carbocycles. The first-order chi connectivity index (χ1) is 10.1. The molecule has 0 spiro atoms. The van der Waals surface area contributed by atoms with Crippen LogP contribution in [0, 0.1) is 0 Å². The van der Waals surface area contributed by atoms with Crippen molar-refractivity contribution in [1.29, 1.82) is 0 Å². The highest BCUT2D eigenvalue weighted by atomic mass is 16.5. The molecule has 5 nitrogen and oxygen atoms in total. The molecule has 1 heterocycles. The molecule has 0 bridgehead atoms. The van der Waals surface area contributed by atoms with Crippen molar-refractivity contribution in [2.45, 2.75) is 20.8 Å². The third kappa shape index (κ3) is 3.07. The Balaban J connectivity index is 2.61. The fourth-order valence-electron chi connectivity index (χ4n) is 2.32. The maximum absolute atomic E-state index is 11.5. The monoisotopic (exact) mass is 288 g/mol. The third-order valence-corrected chi connectivity index (χ3v) is 3.37. The molecule has 21 heavy (non-hydrogen) atoms. The van der Waals surface area contributed by atoms with Gasteiger partial charge in [-0.25, -0.2) is 9.78 Å². The van der Waals surface area contributed by atoms with Crippen LogP contribution in [0.5, 0.6) is 5.75 Å². The van der Waals surface area contributed by atoms with Crippen molar-refractivity contribution in [3.63, 3.8) is 0 Å². The van der Waals surface area contributed by atoms with Gasteiger partial charge in [0.1, 0.15) is 17.1 Å². The van der Waals surface area contributed by atoms with Crippen molar-refractivity contribution in [3.05, 3.63) is 29.8 Å². The summed E-state index contributed by atoms with van der Waals surface area (Å²) in [5, 5.41) is 10.2. The number of ether oxygens (including phenoxy) is 1.